The molecule has 5 nitrogen and oxygen atoms in total. The zero-order valence-electron chi connectivity index (χ0n) is 10.1. The zero-order valence-corrected chi connectivity index (χ0v) is 10.1. The van der Waals surface area contributed by atoms with Gasteiger partial charge < -0.3 is 16.0 Å². The van der Waals surface area contributed by atoms with Crippen molar-refractivity contribution in [2.45, 2.75) is 13.3 Å². The Kier molecular flexibility index (Phi) is 3.45. The Morgan fingerprint density at radius 3 is 3.00 bits per heavy atom. The monoisotopic (exact) mass is 250 g/mol. The summed E-state index contributed by atoms with van der Waals surface area (Å²) in [4.78, 5) is 16.2. The summed E-state index contributed by atoms with van der Waals surface area (Å²) in [5, 5.41) is 3.08. The van der Waals surface area contributed by atoms with Gasteiger partial charge in [0.05, 0.1) is 12.7 Å². The molecule has 1 aliphatic heterocycles. The van der Waals surface area contributed by atoms with E-state index in [2.05, 4.69) is 10.3 Å². The van der Waals surface area contributed by atoms with E-state index in [4.69, 9.17) is 5.73 Å². The quantitative estimate of drug-likeness (QED) is 0.784. The van der Waals surface area contributed by atoms with E-state index < -0.39 is 0 Å². The fourth-order valence-corrected chi connectivity index (χ4v) is 1.80. The summed E-state index contributed by atoms with van der Waals surface area (Å²) in [6.45, 7) is 2.70. The molecule has 96 valence electrons. The molecule has 2 rings (SSSR count). The van der Waals surface area contributed by atoms with Gasteiger partial charge in [0.25, 0.3) is 0 Å². The van der Waals surface area contributed by atoms with Gasteiger partial charge in [-0.1, -0.05) is 0 Å². The Morgan fingerprint density at radius 1 is 1.61 bits per heavy atom. The van der Waals surface area contributed by atoms with Crippen LogP contribution in [0.3, 0.4) is 0 Å². The largest absolute Gasteiger partial charge is 0.399 e. The summed E-state index contributed by atoms with van der Waals surface area (Å²) in [6, 6.07) is 1.63. The molecule has 0 aliphatic carbocycles. The number of nitrogens with one attached hydrogen (secondary N) is 1. The van der Waals surface area contributed by atoms with Crippen molar-refractivity contribution in [2.24, 2.45) is 5.73 Å². The molecule has 0 unspecified atom stereocenters. The molecule has 18 heavy (non-hydrogen) atoms. The molecule has 0 radical (unpaired) electrons. The number of nitrogens with zero attached hydrogens (tertiary/aromatic N) is 2. The number of carbonyl (C=O) groups is 1. The van der Waals surface area contributed by atoms with Gasteiger partial charge in [-0.25, -0.2) is 9.37 Å². The molecule has 0 fully saturated rings. The molecule has 0 bridgehead atoms. The third kappa shape index (κ3) is 2.58. The van der Waals surface area contributed by atoms with Crippen molar-refractivity contribution in [1.82, 2.24) is 9.88 Å². The maximum Gasteiger partial charge on any atom is 0.210 e. The number of anilines is 1. The van der Waals surface area contributed by atoms with Gasteiger partial charge >= 0.3 is 0 Å². The molecule has 0 atom stereocenters. The highest BCUT2D eigenvalue weighted by molar-refractivity contribution is 5.51. The minimum atomic E-state index is -0.335. The molecule has 1 amide bonds. The number of aryl methyl sites for hydroxylation is 1. The van der Waals surface area contributed by atoms with E-state index in [0.717, 1.165) is 12.1 Å². The van der Waals surface area contributed by atoms with E-state index in [1.165, 1.54) is 6.20 Å². The van der Waals surface area contributed by atoms with Crippen LogP contribution < -0.4 is 11.1 Å². The molecule has 2 heterocycles. The number of pyridine rings is 1. The van der Waals surface area contributed by atoms with Crippen LogP contribution in [0.25, 0.3) is 0 Å². The first kappa shape index (κ1) is 12.3. The topological polar surface area (TPSA) is 71.2 Å². The summed E-state index contributed by atoms with van der Waals surface area (Å²) >= 11 is 0. The molecule has 1 aromatic heterocycles. The molecule has 0 spiro atoms. The molecule has 1 aromatic rings. The normalized spacial score (nSPS) is 15.8. The van der Waals surface area contributed by atoms with Crippen LogP contribution in [0.1, 0.15) is 12.0 Å². The fourth-order valence-electron chi connectivity index (χ4n) is 1.80. The highest BCUT2D eigenvalue weighted by Gasteiger charge is 2.16. The van der Waals surface area contributed by atoms with Crippen molar-refractivity contribution in [2.75, 3.05) is 18.4 Å². The molecule has 0 aromatic carbocycles. The molecular weight excluding hydrogens is 235 g/mol. The smallest absolute Gasteiger partial charge is 0.210 e. The maximum atomic E-state index is 13.1. The van der Waals surface area contributed by atoms with Crippen LogP contribution in [0.2, 0.25) is 0 Å². The third-order valence-electron chi connectivity index (χ3n) is 2.89. The van der Waals surface area contributed by atoms with Gasteiger partial charge in [0.15, 0.2) is 0 Å². The lowest BCUT2D eigenvalue weighted by atomic mass is 10.1. The number of nitrogens with two attached hydrogens (primary N) is 1. The van der Waals surface area contributed by atoms with E-state index >= 15 is 0 Å². The molecule has 3 N–H and O–H groups in total. The van der Waals surface area contributed by atoms with E-state index in [1.807, 2.05) is 0 Å². The number of rotatable bonds is 3. The molecule has 1 aliphatic rings. The Balaban J connectivity index is 2.13. The minimum Gasteiger partial charge on any atom is -0.399 e. The van der Waals surface area contributed by atoms with E-state index in [0.29, 0.717) is 36.6 Å². The Labute approximate surface area is 104 Å². The van der Waals surface area contributed by atoms with Crippen LogP contribution in [-0.4, -0.2) is 29.4 Å². The third-order valence-corrected chi connectivity index (χ3v) is 2.89. The van der Waals surface area contributed by atoms with Gasteiger partial charge in [-0.3, -0.25) is 4.79 Å². The summed E-state index contributed by atoms with van der Waals surface area (Å²) in [5.74, 6) is 0.227. The second-order valence-electron chi connectivity index (χ2n) is 4.27. The van der Waals surface area contributed by atoms with E-state index in [1.54, 1.807) is 17.9 Å². The average molecular weight is 250 g/mol. The minimum absolute atomic E-state index is 0.335. The van der Waals surface area contributed by atoms with Crippen LogP contribution >= 0.6 is 0 Å². The Bertz CT molecular complexity index is 501. The lowest BCUT2D eigenvalue weighted by Crippen LogP contribution is -2.34. The number of hydrogen-bond donors (Lipinski definition) is 2. The van der Waals surface area contributed by atoms with Crippen LogP contribution in [0, 0.1) is 12.7 Å². The number of carbonyl (C=O) groups excluding carboxylic acids is 1. The number of amides is 1. The molecule has 0 saturated carbocycles. The highest BCUT2D eigenvalue weighted by Crippen LogP contribution is 2.17. The molecular formula is C12H15FN4O. The van der Waals surface area contributed by atoms with E-state index in [-0.39, 0.29) is 5.82 Å². The summed E-state index contributed by atoms with van der Waals surface area (Å²) in [7, 11) is 0. The van der Waals surface area contributed by atoms with Gasteiger partial charge in [-0.05, 0) is 18.6 Å². The Morgan fingerprint density at radius 2 is 2.39 bits per heavy atom. The Hall–Kier alpha value is -2.11. The average Bonchev–Trinajstić information content (AvgIpc) is 2.36. The second-order valence-corrected chi connectivity index (χ2v) is 4.27. The van der Waals surface area contributed by atoms with Crippen molar-refractivity contribution in [1.29, 1.82) is 0 Å². The number of aromatic nitrogens is 1. The summed E-state index contributed by atoms with van der Waals surface area (Å²) < 4.78 is 13.1. The van der Waals surface area contributed by atoms with Crippen molar-refractivity contribution in [3.8, 4) is 0 Å². The number of halogens is 1. The summed E-state index contributed by atoms with van der Waals surface area (Å²) in [5.41, 5.74) is 7.85. The second kappa shape index (κ2) is 5.03. The first-order valence-corrected chi connectivity index (χ1v) is 5.66. The van der Waals surface area contributed by atoms with Crippen molar-refractivity contribution < 1.29 is 9.18 Å². The highest BCUT2D eigenvalue weighted by atomic mass is 19.1. The fraction of sp³-hybridized carbons (Fsp3) is 0.333. The van der Waals surface area contributed by atoms with Crippen molar-refractivity contribution >= 4 is 12.2 Å². The van der Waals surface area contributed by atoms with Gasteiger partial charge in [0.2, 0.25) is 6.41 Å². The van der Waals surface area contributed by atoms with Gasteiger partial charge in [-0.15, -0.1) is 0 Å². The predicted octanol–water partition coefficient (Wildman–Crippen LogP) is 0.973. The predicted molar refractivity (Wildman–Crippen MR) is 66.0 cm³/mol. The van der Waals surface area contributed by atoms with Gasteiger partial charge in [0.1, 0.15) is 11.6 Å². The van der Waals surface area contributed by atoms with Crippen LogP contribution in [-0.2, 0) is 4.79 Å². The zero-order chi connectivity index (χ0) is 13.1. The number of hydrogen-bond acceptors (Lipinski definition) is 4. The van der Waals surface area contributed by atoms with Gasteiger partial charge in [-0.2, -0.15) is 0 Å². The van der Waals surface area contributed by atoms with Crippen LogP contribution in [0.15, 0.2) is 23.7 Å². The van der Waals surface area contributed by atoms with Crippen LogP contribution in [0.5, 0.6) is 0 Å². The maximum absolute atomic E-state index is 13.1. The summed E-state index contributed by atoms with van der Waals surface area (Å²) in [6.07, 6.45) is 2.60. The standard InChI is InChI=1S/C12H15FN4O/c1-8-4-12(15-5-9(8)13)16-11-2-3-17(7-18)6-10(11)14/h4-5,7H,2-3,6,14H2,1H3,(H,15,16). The van der Waals surface area contributed by atoms with E-state index in [9.17, 15) is 9.18 Å². The first-order chi connectivity index (χ1) is 8.60. The van der Waals surface area contributed by atoms with Gasteiger partial charge in [0, 0.05) is 24.4 Å². The molecule has 6 heteroatoms. The SMILES string of the molecule is Cc1cc(NC2=C(N)CN(C=O)CC2)ncc1F. The lowest BCUT2D eigenvalue weighted by Gasteiger charge is -2.26. The van der Waals surface area contributed by atoms with Crippen molar-refractivity contribution in [3.05, 3.63) is 35.0 Å². The first-order valence-electron chi connectivity index (χ1n) is 5.66. The lowest BCUT2D eigenvalue weighted by molar-refractivity contribution is -0.118. The van der Waals surface area contributed by atoms with Crippen molar-refractivity contribution in [3.63, 3.8) is 0 Å². The van der Waals surface area contributed by atoms with Crippen LogP contribution in [0.4, 0.5) is 10.2 Å². The molecule has 0 saturated heterocycles.